The zero-order chi connectivity index (χ0) is 19.5. The summed E-state index contributed by atoms with van der Waals surface area (Å²) in [5.41, 5.74) is -1.16. The summed E-state index contributed by atoms with van der Waals surface area (Å²) in [4.78, 5) is 12.4. The Labute approximate surface area is 149 Å². The first-order valence-electron chi connectivity index (χ1n) is 8.00. The Morgan fingerprint density at radius 1 is 1.31 bits per heavy atom. The topological polar surface area (TPSA) is 70.7 Å². The van der Waals surface area contributed by atoms with Crippen molar-refractivity contribution < 1.29 is 18.0 Å². The fourth-order valence-corrected chi connectivity index (χ4v) is 2.65. The number of alkyl halides is 3. The Kier molecular flexibility index (Phi) is 5.40. The largest absolute Gasteiger partial charge is 0.416 e. The molecule has 0 aliphatic rings. The summed E-state index contributed by atoms with van der Waals surface area (Å²) in [6.07, 6.45) is -1.21. The van der Waals surface area contributed by atoms with Crippen molar-refractivity contribution in [2.24, 2.45) is 5.92 Å². The van der Waals surface area contributed by atoms with Gasteiger partial charge in [0.2, 0.25) is 0 Å². The van der Waals surface area contributed by atoms with Crippen molar-refractivity contribution in [1.29, 1.82) is 5.26 Å². The number of aromatic nitrogens is 2. The predicted octanol–water partition coefficient (Wildman–Crippen LogP) is 3.95. The van der Waals surface area contributed by atoms with Crippen LogP contribution in [0.3, 0.4) is 0 Å². The van der Waals surface area contributed by atoms with Gasteiger partial charge < -0.3 is 5.32 Å². The molecule has 138 valence electrons. The molecule has 1 heterocycles. The SMILES string of the molecule is CC(C)CC(C)(C#N)NC(=O)c1cnn(-c2ccc(C(F)(F)F)cc2)c1. The molecule has 0 bridgehead atoms. The number of nitrogens with one attached hydrogen (secondary N) is 1. The monoisotopic (exact) mass is 364 g/mol. The smallest absolute Gasteiger partial charge is 0.334 e. The second-order valence-electron chi connectivity index (χ2n) is 6.71. The minimum Gasteiger partial charge on any atom is -0.334 e. The van der Waals surface area contributed by atoms with Crippen LogP contribution < -0.4 is 5.32 Å². The summed E-state index contributed by atoms with van der Waals surface area (Å²) in [5, 5.41) is 16.0. The highest BCUT2D eigenvalue weighted by Gasteiger charge is 2.30. The number of hydrogen-bond acceptors (Lipinski definition) is 3. The van der Waals surface area contributed by atoms with Crippen molar-refractivity contribution in [2.45, 2.75) is 38.9 Å². The fraction of sp³-hybridized carbons (Fsp3) is 0.389. The number of carbonyl (C=O) groups excluding carboxylic acids is 1. The van der Waals surface area contributed by atoms with Crippen LogP contribution in [0.25, 0.3) is 5.69 Å². The van der Waals surface area contributed by atoms with Crippen molar-refractivity contribution >= 4 is 5.91 Å². The van der Waals surface area contributed by atoms with Gasteiger partial charge in [0.25, 0.3) is 5.91 Å². The third kappa shape index (κ3) is 4.63. The van der Waals surface area contributed by atoms with Gasteiger partial charge in [-0.05, 0) is 43.5 Å². The van der Waals surface area contributed by atoms with E-state index in [2.05, 4.69) is 16.5 Å². The number of nitrogens with zero attached hydrogens (tertiary/aromatic N) is 3. The zero-order valence-electron chi connectivity index (χ0n) is 14.6. The minimum atomic E-state index is -4.41. The number of halogens is 3. The molecule has 5 nitrogen and oxygen atoms in total. The van der Waals surface area contributed by atoms with Crippen molar-refractivity contribution in [1.82, 2.24) is 15.1 Å². The van der Waals surface area contributed by atoms with Crippen molar-refractivity contribution in [3.05, 3.63) is 47.8 Å². The third-order valence-electron chi connectivity index (χ3n) is 3.76. The van der Waals surface area contributed by atoms with Crippen LogP contribution >= 0.6 is 0 Å². The second-order valence-corrected chi connectivity index (χ2v) is 6.71. The Bertz CT molecular complexity index is 818. The van der Waals surface area contributed by atoms with Crippen LogP contribution in [0.5, 0.6) is 0 Å². The molecule has 1 aromatic heterocycles. The van der Waals surface area contributed by atoms with E-state index in [0.717, 1.165) is 12.1 Å². The lowest BCUT2D eigenvalue weighted by atomic mass is 9.92. The van der Waals surface area contributed by atoms with E-state index < -0.39 is 23.2 Å². The maximum absolute atomic E-state index is 12.6. The first-order valence-corrected chi connectivity index (χ1v) is 8.00. The van der Waals surface area contributed by atoms with E-state index in [-0.39, 0.29) is 11.5 Å². The molecule has 0 spiro atoms. The maximum atomic E-state index is 12.6. The number of carbonyl (C=O) groups is 1. The van der Waals surface area contributed by atoms with Gasteiger partial charge in [-0.1, -0.05) is 13.8 Å². The Morgan fingerprint density at radius 3 is 2.42 bits per heavy atom. The molecular weight excluding hydrogens is 345 g/mol. The van der Waals surface area contributed by atoms with Crippen molar-refractivity contribution in [3.8, 4) is 11.8 Å². The van der Waals surface area contributed by atoms with Gasteiger partial charge in [-0.15, -0.1) is 0 Å². The molecule has 1 atom stereocenters. The van der Waals surface area contributed by atoms with Crippen LogP contribution in [0.2, 0.25) is 0 Å². The van der Waals surface area contributed by atoms with Gasteiger partial charge >= 0.3 is 6.18 Å². The molecule has 0 aliphatic heterocycles. The van der Waals surface area contributed by atoms with E-state index in [1.54, 1.807) is 6.92 Å². The molecule has 0 saturated carbocycles. The fourth-order valence-electron chi connectivity index (χ4n) is 2.65. The summed E-state index contributed by atoms with van der Waals surface area (Å²) < 4.78 is 39.1. The molecule has 26 heavy (non-hydrogen) atoms. The van der Waals surface area contributed by atoms with Gasteiger partial charge in [-0.25, -0.2) is 4.68 Å². The molecule has 1 N–H and O–H groups in total. The van der Waals surface area contributed by atoms with E-state index in [1.807, 2.05) is 13.8 Å². The molecular formula is C18H19F3N4O. The summed E-state index contributed by atoms with van der Waals surface area (Å²) >= 11 is 0. The van der Waals surface area contributed by atoms with E-state index in [4.69, 9.17) is 0 Å². The van der Waals surface area contributed by atoms with Crippen molar-refractivity contribution in [2.75, 3.05) is 0 Å². The van der Waals surface area contributed by atoms with Crippen LogP contribution in [0.4, 0.5) is 13.2 Å². The first kappa shape index (κ1) is 19.5. The van der Waals surface area contributed by atoms with Crippen molar-refractivity contribution in [3.63, 3.8) is 0 Å². The molecule has 1 unspecified atom stereocenters. The summed E-state index contributed by atoms with van der Waals surface area (Å²) in [6, 6.07) is 6.55. The highest BCUT2D eigenvalue weighted by Crippen LogP contribution is 2.29. The van der Waals surface area contributed by atoms with Crippen LogP contribution in [0, 0.1) is 17.2 Å². The van der Waals surface area contributed by atoms with E-state index in [1.165, 1.54) is 29.2 Å². The molecule has 0 radical (unpaired) electrons. The minimum absolute atomic E-state index is 0.217. The van der Waals surface area contributed by atoms with Crippen LogP contribution in [0.1, 0.15) is 43.1 Å². The normalized spacial score (nSPS) is 13.9. The standard InChI is InChI=1S/C18H19F3N4O/c1-12(2)8-17(3,11-22)24-16(26)13-9-23-25(10-13)15-6-4-14(5-7-15)18(19,20)21/h4-7,9-10,12H,8H2,1-3H3,(H,24,26). The third-order valence-corrected chi connectivity index (χ3v) is 3.76. The average molecular weight is 364 g/mol. The summed E-state index contributed by atoms with van der Waals surface area (Å²) in [7, 11) is 0. The first-order chi connectivity index (χ1) is 12.0. The highest BCUT2D eigenvalue weighted by molar-refractivity contribution is 5.94. The maximum Gasteiger partial charge on any atom is 0.416 e. The van der Waals surface area contributed by atoms with Gasteiger partial charge in [-0.2, -0.15) is 23.5 Å². The molecule has 0 fully saturated rings. The van der Waals surface area contributed by atoms with Gasteiger partial charge in [0.15, 0.2) is 0 Å². The average Bonchev–Trinajstić information content (AvgIpc) is 3.03. The van der Waals surface area contributed by atoms with E-state index in [9.17, 15) is 23.2 Å². The molecule has 2 aromatic rings. The number of amides is 1. The number of benzene rings is 1. The molecule has 1 aromatic carbocycles. The van der Waals surface area contributed by atoms with Gasteiger partial charge in [0, 0.05) is 6.20 Å². The van der Waals surface area contributed by atoms with Crippen LogP contribution in [-0.4, -0.2) is 21.2 Å². The molecule has 1 amide bonds. The lowest BCUT2D eigenvalue weighted by Crippen LogP contribution is -2.45. The predicted molar refractivity (Wildman–Crippen MR) is 89.5 cm³/mol. The molecule has 2 rings (SSSR count). The molecule has 8 heteroatoms. The quantitative estimate of drug-likeness (QED) is 0.873. The lowest BCUT2D eigenvalue weighted by molar-refractivity contribution is -0.137. The summed E-state index contributed by atoms with van der Waals surface area (Å²) in [6.45, 7) is 5.54. The van der Waals surface area contributed by atoms with Gasteiger partial charge in [-0.3, -0.25) is 4.79 Å². The number of hydrogen-bond donors (Lipinski definition) is 1. The second kappa shape index (κ2) is 7.20. The summed E-state index contributed by atoms with van der Waals surface area (Å²) in [5.74, 6) is -0.248. The Balaban J connectivity index is 2.16. The Morgan fingerprint density at radius 2 is 1.92 bits per heavy atom. The molecule has 0 aliphatic carbocycles. The Hall–Kier alpha value is -2.82. The number of rotatable bonds is 5. The van der Waals surface area contributed by atoms with Crippen LogP contribution in [-0.2, 0) is 6.18 Å². The lowest BCUT2D eigenvalue weighted by Gasteiger charge is -2.24. The van der Waals surface area contributed by atoms with Crippen LogP contribution in [0.15, 0.2) is 36.7 Å². The van der Waals surface area contributed by atoms with Gasteiger partial charge in [0.1, 0.15) is 5.54 Å². The molecule has 0 saturated heterocycles. The van der Waals surface area contributed by atoms with Gasteiger partial charge in [0.05, 0.1) is 29.1 Å². The highest BCUT2D eigenvalue weighted by atomic mass is 19.4. The number of nitriles is 1. The van der Waals surface area contributed by atoms with E-state index in [0.29, 0.717) is 12.1 Å². The zero-order valence-corrected chi connectivity index (χ0v) is 14.6. The van der Waals surface area contributed by atoms with E-state index >= 15 is 0 Å².